The van der Waals surface area contributed by atoms with Crippen LogP contribution in [0.5, 0.6) is 0 Å². The van der Waals surface area contributed by atoms with E-state index in [4.69, 9.17) is 10.5 Å². The largest absolute Gasteiger partial charge is 0.465 e. The number of hydrogen-bond donors (Lipinski definition) is 2. The molecule has 2 aromatic rings. The van der Waals surface area contributed by atoms with E-state index in [1.54, 1.807) is 18.5 Å². The van der Waals surface area contributed by atoms with Crippen molar-refractivity contribution in [1.82, 2.24) is 19.7 Å². The molecular weight excluding hydrogens is 272 g/mol. The molecule has 1 aliphatic carbocycles. The van der Waals surface area contributed by atoms with Crippen LogP contribution in [0, 0.1) is 5.92 Å². The van der Waals surface area contributed by atoms with Gasteiger partial charge in [-0.2, -0.15) is 4.68 Å². The van der Waals surface area contributed by atoms with Crippen molar-refractivity contribution in [3.8, 4) is 5.95 Å². The van der Waals surface area contributed by atoms with Gasteiger partial charge in [0.1, 0.15) is 11.4 Å². The van der Waals surface area contributed by atoms with Crippen molar-refractivity contribution in [2.45, 2.75) is 12.8 Å². The van der Waals surface area contributed by atoms with Gasteiger partial charge >= 0.3 is 5.97 Å². The summed E-state index contributed by atoms with van der Waals surface area (Å²) in [5.41, 5.74) is 6.23. The van der Waals surface area contributed by atoms with Gasteiger partial charge in [-0.25, -0.2) is 14.8 Å². The molecule has 3 rings (SSSR count). The van der Waals surface area contributed by atoms with Gasteiger partial charge in [0.25, 0.3) is 5.95 Å². The van der Waals surface area contributed by atoms with Gasteiger partial charge in [0.2, 0.25) is 0 Å². The number of nitrogens with one attached hydrogen (secondary N) is 1. The number of nitrogens with two attached hydrogens (primary N) is 1. The van der Waals surface area contributed by atoms with Crippen molar-refractivity contribution in [2.24, 2.45) is 5.92 Å². The summed E-state index contributed by atoms with van der Waals surface area (Å²) in [5, 5.41) is 7.46. The highest BCUT2D eigenvalue weighted by molar-refractivity contribution is 5.99. The summed E-state index contributed by atoms with van der Waals surface area (Å²) in [6.45, 7) is 0.760. The number of ether oxygens (including phenoxy) is 1. The van der Waals surface area contributed by atoms with Crippen LogP contribution in [0.1, 0.15) is 23.2 Å². The first-order valence-electron chi connectivity index (χ1n) is 6.68. The van der Waals surface area contributed by atoms with Gasteiger partial charge in [0.05, 0.1) is 7.11 Å². The molecule has 0 radical (unpaired) electrons. The van der Waals surface area contributed by atoms with E-state index in [9.17, 15) is 4.79 Å². The van der Waals surface area contributed by atoms with Crippen molar-refractivity contribution in [2.75, 3.05) is 24.7 Å². The van der Waals surface area contributed by atoms with Crippen LogP contribution in [0.3, 0.4) is 0 Å². The van der Waals surface area contributed by atoms with Gasteiger partial charge in [-0.1, -0.05) is 0 Å². The highest BCUT2D eigenvalue weighted by Crippen LogP contribution is 2.30. The van der Waals surface area contributed by atoms with Gasteiger partial charge in [-0.3, -0.25) is 0 Å². The van der Waals surface area contributed by atoms with Crippen LogP contribution in [-0.2, 0) is 4.74 Å². The zero-order valence-corrected chi connectivity index (χ0v) is 11.6. The Kier molecular flexibility index (Phi) is 3.43. The van der Waals surface area contributed by atoms with E-state index in [1.807, 2.05) is 0 Å². The molecule has 1 fully saturated rings. The number of carbonyl (C=O) groups excluding carboxylic acids is 1. The Labute approximate surface area is 121 Å². The molecule has 110 valence electrons. The van der Waals surface area contributed by atoms with Gasteiger partial charge in [0.15, 0.2) is 5.82 Å². The maximum absolute atomic E-state index is 11.9. The number of nitrogens with zero attached hydrogens (tertiary/aromatic N) is 4. The number of carbonyl (C=O) groups is 1. The molecule has 0 bridgehead atoms. The minimum atomic E-state index is -0.534. The van der Waals surface area contributed by atoms with Crippen molar-refractivity contribution in [1.29, 1.82) is 0 Å². The number of rotatable bonds is 5. The van der Waals surface area contributed by atoms with E-state index in [1.165, 1.54) is 24.6 Å². The molecule has 0 unspecified atom stereocenters. The number of nitrogen functional groups attached to an aromatic ring is 1. The summed E-state index contributed by atoms with van der Waals surface area (Å²) in [6.07, 6.45) is 5.55. The van der Waals surface area contributed by atoms with Crippen LogP contribution < -0.4 is 11.1 Å². The second-order valence-electron chi connectivity index (χ2n) is 4.89. The van der Waals surface area contributed by atoms with E-state index in [-0.39, 0.29) is 11.4 Å². The zero-order chi connectivity index (χ0) is 14.8. The molecule has 8 heteroatoms. The van der Waals surface area contributed by atoms with Crippen LogP contribution in [-0.4, -0.2) is 39.4 Å². The molecule has 0 saturated heterocycles. The minimum Gasteiger partial charge on any atom is -0.465 e. The summed E-state index contributed by atoms with van der Waals surface area (Å²) in [5.74, 6) is 0.965. The van der Waals surface area contributed by atoms with Crippen molar-refractivity contribution in [3.63, 3.8) is 0 Å². The van der Waals surface area contributed by atoms with Gasteiger partial charge in [0, 0.05) is 18.9 Å². The molecule has 0 amide bonds. The normalized spacial score (nSPS) is 14.0. The fourth-order valence-corrected chi connectivity index (χ4v) is 1.97. The topological polar surface area (TPSA) is 108 Å². The summed E-state index contributed by atoms with van der Waals surface area (Å²) in [4.78, 5) is 20.1. The fraction of sp³-hybridized carbons (Fsp3) is 0.385. The number of aromatic nitrogens is 4. The molecule has 21 heavy (non-hydrogen) atoms. The molecule has 0 aromatic carbocycles. The molecule has 0 atom stereocenters. The van der Waals surface area contributed by atoms with E-state index in [0.29, 0.717) is 17.7 Å². The maximum atomic E-state index is 11.9. The predicted octanol–water partition coefficient (Wildman–Crippen LogP) is 0.853. The summed E-state index contributed by atoms with van der Waals surface area (Å²) >= 11 is 0. The second kappa shape index (κ2) is 5.39. The number of anilines is 2. The van der Waals surface area contributed by atoms with Gasteiger partial charge in [-0.15, -0.1) is 5.10 Å². The third-order valence-corrected chi connectivity index (χ3v) is 3.31. The summed E-state index contributed by atoms with van der Waals surface area (Å²) < 4.78 is 6.11. The third kappa shape index (κ3) is 2.64. The first-order valence-corrected chi connectivity index (χ1v) is 6.68. The third-order valence-electron chi connectivity index (χ3n) is 3.31. The van der Waals surface area contributed by atoms with Crippen molar-refractivity contribution < 1.29 is 9.53 Å². The van der Waals surface area contributed by atoms with Crippen molar-refractivity contribution in [3.05, 3.63) is 24.0 Å². The number of esters is 1. The molecule has 3 N–H and O–H groups in total. The Hall–Kier alpha value is -2.64. The Bertz CT molecular complexity index is 650. The lowest BCUT2D eigenvalue weighted by Crippen LogP contribution is -2.10. The number of hydrogen-bond acceptors (Lipinski definition) is 7. The molecule has 1 aliphatic rings. The lowest BCUT2D eigenvalue weighted by Gasteiger charge is -2.03. The van der Waals surface area contributed by atoms with E-state index >= 15 is 0 Å². The minimum absolute atomic E-state index is 0.159. The Morgan fingerprint density at radius 3 is 2.81 bits per heavy atom. The Morgan fingerprint density at radius 2 is 2.19 bits per heavy atom. The van der Waals surface area contributed by atoms with E-state index in [0.717, 1.165) is 6.54 Å². The van der Waals surface area contributed by atoms with E-state index < -0.39 is 5.97 Å². The highest BCUT2D eigenvalue weighted by Gasteiger charge is 2.27. The molecule has 0 spiro atoms. The molecule has 1 saturated carbocycles. The maximum Gasteiger partial charge on any atom is 0.345 e. The SMILES string of the molecule is COC(=O)c1c(NCC2CC2)nn(-c2ncccn2)c1N. The molecule has 2 aromatic heterocycles. The number of methoxy groups -OCH3 is 1. The first kappa shape index (κ1) is 13.3. The molecule has 8 nitrogen and oxygen atoms in total. The Morgan fingerprint density at radius 1 is 1.48 bits per heavy atom. The zero-order valence-electron chi connectivity index (χ0n) is 11.6. The van der Waals surface area contributed by atoms with Crippen LogP contribution in [0.2, 0.25) is 0 Å². The summed E-state index contributed by atoms with van der Waals surface area (Å²) in [6, 6.07) is 1.69. The smallest absolute Gasteiger partial charge is 0.345 e. The molecular formula is C13H16N6O2. The van der Waals surface area contributed by atoms with Gasteiger partial charge in [-0.05, 0) is 24.8 Å². The van der Waals surface area contributed by atoms with E-state index in [2.05, 4.69) is 20.4 Å². The lowest BCUT2D eigenvalue weighted by atomic mass is 10.3. The fourth-order valence-electron chi connectivity index (χ4n) is 1.97. The molecule has 0 aliphatic heterocycles. The van der Waals surface area contributed by atoms with Gasteiger partial charge < -0.3 is 15.8 Å². The molecule has 2 heterocycles. The first-order chi connectivity index (χ1) is 10.2. The summed E-state index contributed by atoms with van der Waals surface area (Å²) in [7, 11) is 1.31. The second-order valence-corrected chi connectivity index (χ2v) is 4.89. The van der Waals surface area contributed by atoms with Crippen molar-refractivity contribution >= 4 is 17.6 Å². The monoisotopic (exact) mass is 288 g/mol. The average Bonchev–Trinajstić information content (AvgIpc) is 3.28. The standard InChI is InChI=1S/C13H16N6O2/c1-21-12(20)9-10(14)19(13-15-5-2-6-16-13)18-11(9)17-7-8-3-4-8/h2,5-6,8H,3-4,7,14H2,1H3,(H,17,18). The van der Waals surface area contributed by atoms with Crippen LogP contribution in [0.15, 0.2) is 18.5 Å². The van der Waals surface area contributed by atoms with Crippen LogP contribution >= 0.6 is 0 Å². The van der Waals surface area contributed by atoms with Crippen LogP contribution in [0.25, 0.3) is 5.95 Å². The highest BCUT2D eigenvalue weighted by atomic mass is 16.5. The Balaban J connectivity index is 1.98. The lowest BCUT2D eigenvalue weighted by molar-refractivity contribution is 0.0603. The average molecular weight is 288 g/mol. The van der Waals surface area contributed by atoms with Crippen LogP contribution in [0.4, 0.5) is 11.6 Å². The predicted molar refractivity (Wildman–Crippen MR) is 76.1 cm³/mol. The quantitative estimate of drug-likeness (QED) is 0.785.